The Labute approximate surface area is 94.2 Å². The topological polar surface area (TPSA) is 24.5 Å². The summed E-state index contributed by atoms with van der Waals surface area (Å²) in [4.78, 5) is 2.52. The third kappa shape index (κ3) is 5.50. The van der Waals surface area contributed by atoms with Crippen molar-refractivity contribution in [1.82, 2.24) is 10.2 Å². The summed E-state index contributed by atoms with van der Waals surface area (Å²) < 4.78 is 5.14. The summed E-state index contributed by atoms with van der Waals surface area (Å²) >= 11 is 0. The monoisotopic (exact) mass is 214 g/mol. The molecule has 0 amide bonds. The molecule has 1 aliphatic rings. The maximum Gasteiger partial charge on any atom is 0.0589 e. The second kappa shape index (κ2) is 7.20. The molecular weight excluding hydrogens is 188 g/mol. The summed E-state index contributed by atoms with van der Waals surface area (Å²) in [5.41, 5.74) is 0. The van der Waals surface area contributed by atoms with Crippen molar-refractivity contribution >= 4 is 0 Å². The first kappa shape index (κ1) is 12.9. The fraction of sp³-hybridized carbons (Fsp3) is 1.00. The van der Waals surface area contributed by atoms with E-state index in [-0.39, 0.29) is 0 Å². The number of methoxy groups -OCH3 is 1. The van der Waals surface area contributed by atoms with Crippen molar-refractivity contribution in [3.05, 3.63) is 0 Å². The van der Waals surface area contributed by atoms with Gasteiger partial charge in [0.15, 0.2) is 0 Å². The molecule has 3 nitrogen and oxygen atoms in total. The molecule has 15 heavy (non-hydrogen) atoms. The molecule has 0 aromatic rings. The zero-order valence-corrected chi connectivity index (χ0v) is 10.5. The standard InChI is InChI=1S/C12H26N2O/c1-11(2)9-12-10-14(7-8-15-3)6-4-5-13-12/h11-13H,4-10H2,1-3H3. The molecule has 1 aliphatic heterocycles. The fourth-order valence-electron chi connectivity index (χ4n) is 2.23. The second-order valence-electron chi connectivity index (χ2n) is 4.93. The van der Waals surface area contributed by atoms with E-state index in [2.05, 4.69) is 24.1 Å². The van der Waals surface area contributed by atoms with Gasteiger partial charge in [-0.1, -0.05) is 13.8 Å². The summed E-state index contributed by atoms with van der Waals surface area (Å²) in [6.45, 7) is 10.1. The predicted octanol–water partition coefficient (Wildman–Crippen LogP) is 1.34. The van der Waals surface area contributed by atoms with E-state index in [1.807, 2.05) is 0 Å². The van der Waals surface area contributed by atoms with E-state index in [0.717, 1.165) is 19.1 Å². The summed E-state index contributed by atoms with van der Waals surface area (Å²) in [6.07, 6.45) is 2.54. The number of ether oxygens (including phenoxy) is 1. The Bertz CT molecular complexity index is 162. The minimum absolute atomic E-state index is 0.671. The Morgan fingerprint density at radius 1 is 1.47 bits per heavy atom. The molecule has 0 saturated carbocycles. The Morgan fingerprint density at radius 3 is 2.93 bits per heavy atom. The summed E-state index contributed by atoms with van der Waals surface area (Å²) in [6, 6.07) is 0.671. The van der Waals surface area contributed by atoms with Gasteiger partial charge in [0.2, 0.25) is 0 Å². The zero-order valence-electron chi connectivity index (χ0n) is 10.5. The van der Waals surface area contributed by atoms with Crippen LogP contribution in [0.3, 0.4) is 0 Å². The quantitative estimate of drug-likeness (QED) is 0.747. The molecule has 0 aliphatic carbocycles. The fourth-order valence-corrected chi connectivity index (χ4v) is 2.23. The molecule has 1 atom stereocenters. The molecule has 0 spiro atoms. The Balaban J connectivity index is 2.31. The molecule has 1 saturated heterocycles. The van der Waals surface area contributed by atoms with Gasteiger partial charge >= 0.3 is 0 Å². The van der Waals surface area contributed by atoms with Gasteiger partial charge in [-0.25, -0.2) is 0 Å². The first-order chi connectivity index (χ1) is 7.22. The van der Waals surface area contributed by atoms with Gasteiger partial charge in [-0.3, -0.25) is 4.90 Å². The van der Waals surface area contributed by atoms with E-state index >= 15 is 0 Å². The van der Waals surface area contributed by atoms with Crippen LogP contribution >= 0.6 is 0 Å². The first-order valence-corrected chi connectivity index (χ1v) is 6.17. The molecule has 3 heteroatoms. The third-order valence-electron chi connectivity index (χ3n) is 2.93. The number of hydrogen-bond donors (Lipinski definition) is 1. The highest BCUT2D eigenvalue weighted by atomic mass is 16.5. The molecule has 1 rings (SSSR count). The number of nitrogens with zero attached hydrogens (tertiary/aromatic N) is 1. The summed E-state index contributed by atoms with van der Waals surface area (Å²) in [5, 5.41) is 3.64. The van der Waals surface area contributed by atoms with Crippen molar-refractivity contribution in [1.29, 1.82) is 0 Å². The van der Waals surface area contributed by atoms with Crippen molar-refractivity contribution in [2.75, 3.05) is 39.9 Å². The smallest absolute Gasteiger partial charge is 0.0589 e. The molecule has 1 N–H and O–H groups in total. The van der Waals surface area contributed by atoms with Crippen molar-refractivity contribution in [3.63, 3.8) is 0 Å². The van der Waals surface area contributed by atoms with E-state index in [9.17, 15) is 0 Å². The Morgan fingerprint density at radius 2 is 2.27 bits per heavy atom. The van der Waals surface area contributed by atoms with Gasteiger partial charge in [0.25, 0.3) is 0 Å². The highest BCUT2D eigenvalue weighted by Crippen LogP contribution is 2.09. The van der Waals surface area contributed by atoms with Gasteiger partial charge in [0.05, 0.1) is 6.61 Å². The molecule has 0 radical (unpaired) electrons. The molecule has 1 unspecified atom stereocenters. The predicted molar refractivity (Wildman–Crippen MR) is 64.2 cm³/mol. The minimum Gasteiger partial charge on any atom is -0.383 e. The highest BCUT2D eigenvalue weighted by Gasteiger charge is 2.17. The van der Waals surface area contributed by atoms with E-state index in [1.54, 1.807) is 7.11 Å². The van der Waals surface area contributed by atoms with E-state index in [0.29, 0.717) is 6.04 Å². The van der Waals surface area contributed by atoms with Crippen LogP contribution in [0.25, 0.3) is 0 Å². The van der Waals surface area contributed by atoms with E-state index in [1.165, 1.54) is 32.5 Å². The van der Waals surface area contributed by atoms with Crippen LogP contribution in [0.2, 0.25) is 0 Å². The van der Waals surface area contributed by atoms with Crippen LogP contribution in [0.5, 0.6) is 0 Å². The maximum atomic E-state index is 5.14. The first-order valence-electron chi connectivity index (χ1n) is 6.17. The normalized spacial score (nSPS) is 24.4. The van der Waals surface area contributed by atoms with Gasteiger partial charge < -0.3 is 10.1 Å². The lowest BCUT2D eigenvalue weighted by atomic mass is 10.0. The van der Waals surface area contributed by atoms with Crippen LogP contribution in [0.15, 0.2) is 0 Å². The van der Waals surface area contributed by atoms with Crippen molar-refractivity contribution in [3.8, 4) is 0 Å². The average molecular weight is 214 g/mol. The van der Waals surface area contributed by atoms with Gasteiger partial charge in [-0.05, 0) is 31.8 Å². The SMILES string of the molecule is COCCN1CCCNC(CC(C)C)C1. The lowest BCUT2D eigenvalue weighted by Crippen LogP contribution is -2.39. The number of hydrogen-bond acceptors (Lipinski definition) is 3. The lowest BCUT2D eigenvalue weighted by Gasteiger charge is -2.25. The van der Waals surface area contributed by atoms with Crippen LogP contribution < -0.4 is 5.32 Å². The van der Waals surface area contributed by atoms with Crippen LogP contribution in [0.4, 0.5) is 0 Å². The van der Waals surface area contributed by atoms with Crippen LogP contribution in [0.1, 0.15) is 26.7 Å². The largest absolute Gasteiger partial charge is 0.383 e. The third-order valence-corrected chi connectivity index (χ3v) is 2.93. The Kier molecular flexibility index (Phi) is 6.22. The highest BCUT2D eigenvalue weighted by molar-refractivity contribution is 4.77. The average Bonchev–Trinajstić information content (AvgIpc) is 2.39. The molecule has 90 valence electrons. The molecular formula is C12H26N2O. The van der Waals surface area contributed by atoms with Gasteiger partial charge in [-0.15, -0.1) is 0 Å². The molecule has 0 aromatic heterocycles. The van der Waals surface area contributed by atoms with Crippen LogP contribution in [-0.4, -0.2) is 50.8 Å². The summed E-state index contributed by atoms with van der Waals surface area (Å²) in [5.74, 6) is 0.782. The molecule has 0 bridgehead atoms. The molecule has 1 fully saturated rings. The maximum absolute atomic E-state index is 5.14. The second-order valence-corrected chi connectivity index (χ2v) is 4.93. The minimum atomic E-state index is 0.671. The van der Waals surface area contributed by atoms with Gasteiger partial charge in [0, 0.05) is 26.2 Å². The van der Waals surface area contributed by atoms with Crippen molar-refractivity contribution < 1.29 is 4.74 Å². The Hall–Kier alpha value is -0.120. The number of nitrogens with one attached hydrogen (secondary N) is 1. The number of rotatable bonds is 5. The summed E-state index contributed by atoms with van der Waals surface area (Å²) in [7, 11) is 1.78. The van der Waals surface area contributed by atoms with Gasteiger partial charge in [0.1, 0.15) is 0 Å². The van der Waals surface area contributed by atoms with E-state index < -0.39 is 0 Å². The van der Waals surface area contributed by atoms with Crippen molar-refractivity contribution in [2.24, 2.45) is 5.92 Å². The lowest BCUT2D eigenvalue weighted by molar-refractivity contribution is 0.145. The van der Waals surface area contributed by atoms with Crippen molar-refractivity contribution in [2.45, 2.75) is 32.7 Å². The van der Waals surface area contributed by atoms with Crippen LogP contribution in [0, 0.1) is 5.92 Å². The van der Waals surface area contributed by atoms with E-state index in [4.69, 9.17) is 4.74 Å². The zero-order chi connectivity index (χ0) is 11.1. The van der Waals surface area contributed by atoms with Gasteiger partial charge in [-0.2, -0.15) is 0 Å². The van der Waals surface area contributed by atoms with Crippen LogP contribution in [-0.2, 0) is 4.74 Å². The molecule has 0 aromatic carbocycles. The molecule has 1 heterocycles.